The van der Waals surface area contributed by atoms with E-state index >= 15 is 0 Å². The number of hydroxylamine groups is 1. The van der Waals surface area contributed by atoms with Gasteiger partial charge in [0.05, 0.1) is 5.56 Å². The van der Waals surface area contributed by atoms with Crippen molar-refractivity contribution >= 4 is 17.3 Å². The lowest BCUT2D eigenvalue weighted by Crippen LogP contribution is -3.07. The summed E-state index contributed by atoms with van der Waals surface area (Å²) in [5, 5.41) is 18.2. The number of nitrogens with zero attached hydrogens (tertiary/aromatic N) is 3. The first-order valence-corrected chi connectivity index (χ1v) is 7.91. The second-order valence-corrected chi connectivity index (χ2v) is 5.47. The molecular weight excluding hydrogens is 310 g/mol. The van der Waals surface area contributed by atoms with E-state index in [1.165, 1.54) is 5.01 Å². The van der Waals surface area contributed by atoms with Crippen molar-refractivity contribution in [1.82, 2.24) is 9.55 Å². The van der Waals surface area contributed by atoms with Gasteiger partial charge in [0.2, 0.25) is 5.69 Å². The first kappa shape index (κ1) is 16.2. The first-order chi connectivity index (χ1) is 11.6. The van der Waals surface area contributed by atoms with Crippen LogP contribution < -0.4 is 21.3 Å². The molecule has 24 heavy (non-hydrogen) atoms. The third-order valence-electron chi connectivity index (χ3n) is 3.88. The fraction of sp³-hybridized carbons (Fsp3) is 0.312. The van der Waals surface area contributed by atoms with E-state index in [1.54, 1.807) is 24.3 Å². The lowest BCUT2D eigenvalue weighted by atomic mass is 10.2. The Bertz CT molecular complexity index is 885. The summed E-state index contributed by atoms with van der Waals surface area (Å²) in [6.07, 6.45) is 0.618. The van der Waals surface area contributed by atoms with Gasteiger partial charge in [-0.05, 0) is 25.5 Å². The molecule has 0 bridgehead atoms. The number of benzene rings is 1. The third-order valence-corrected chi connectivity index (χ3v) is 3.88. The SMILES string of the molecule is CCCn1c(=O)[nH]c2c(c1=O)[NH+]([O-])C(c1ccccc1)=NN2CC. The van der Waals surface area contributed by atoms with Crippen molar-refractivity contribution in [2.75, 3.05) is 11.6 Å². The standard InChI is InChI=1S/C16H19N5O3/c1-3-10-19-15(22)12-14(17-16(19)23)20(4-2)18-13(21(12)24)11-8-6-5-7-9-11/h5-9,21H,3-4,10H2,1-2H3,(H,17,23). The smallest absolute Gasteiger partial charge is 0.330 e. The molecule has 1 unspecified atom stereocenters. The van der Waals surface area contributed by atoms with Gasteiger partial charge < -0.3 is 5.21 Å². The molecule has 0 saturated carbocycles. The zero-order chi connectivity index (χ0) is 17.3. The second kappa shape index (κ2) is 6.42. The highest BCUT2D eigenvalue weighted by molar-refractivity contribution is 5.95. The summed E-state index contributed by atoms with van der Waals surface area (Å²) < 4.78 is 1.07. The van der Waals surface area contributed by atoms with E-state index in [-0.39, 0.29) is 23.9 Å². The van der Waals surface area contributed by atoms with Crippen LogP contribution in [0.15, 0.2) is 45.0 Å². The number of fused-ring (bicyclic) bond motifs is 1. The number of hydrogen-bond acceptors (Lipinski definition) is 5. The van der Waals surface area contributed by atoms with Crippen molar-refractivity contribution in [1.29, 1.82) is 0 Å². The Labute approximate surface area is 138 Å². The van der Waals surface area contributed by atoms with Crippen LogP contribution in [-0.2, 0) is 6.54 Å². The summed E-state index contributed by atoms with van der Waals surface area (Å²) >= 11 is 0. The minimum atomic E-state index is -0.567. The Hall–Kier alpha value is -2.71. The minimum absolute atomic E-state index is 0.0289. The van der Waals surface area contributed by atoms with Gasteiger partial charge in [-0.2, -0.15) is 0 Å². The monoisotopic (exact) mass is 329 g/mol. The molecule has 2 N–H and O–H groups in total. The number of aromatic amines is 1. The van der Waals surface area contributed by atoms with Gasteiger partial charge in [0.25, 0.3) is 5.84 Å². The van der Waals surface area contributed by atoms with Gasteiger partial charge in [0, 0.05) is 13.1 Å². The van der Waals surface area contributed by atoms with Gasteiger partial charge in [0.1, 0.15) is 0 Å². The molecule has 3 rings (SSSR count). The topological polar surface area (TPSA) is 98.0 Å². The van der Waals surface area contributed by atoms with Gasteiger partial charge in [0.15, 0.2) is 5.82 Å². The number of amidine groups is 1. The highest BCUT2D eigenvalue weighted by Crippen LogP contribution is 2.19. The number of H-pyrrole nitrogens is 1. The Morgan fingerprint density at radius 3 is 2.54 bits per heavy atom. The molecule has 126 valence electrons. The van der Waals surface area contributed by atoms with E-state index in [1.807, 2.05) is 19.9 Å². The molecule has 0 amide bonds. The van der Waals surface area contributed by atoms with Crippen molar-refractivity contribution in [2.45, 2.75) is 26.8 Å². The van der Waals surface area contributed by atoms with Crippen molar-refractivity contribution in [2.24, 2.45) is 5.10 Å². The number of hydrogen-bond donors (Lipinski definition) is 2. The molecule has 1 aliphatic rings. The van der Waals surface area contributed by atoms with Gasteiger partial charge in [-0.15, -0.1) is 5.10 Å². The van der Waals surface area contributed by atoms with Gasteiger partial charge in [-0.1, -0.05) is 25.1 Å². The first-order valence-electron chi connectivity index (χ1n) is 7.91. The number of hydrazone groups is 1. The molecule has 2 aromatic rings. The second-order valence-electron chi connectivity index (χ2n) is 5.47. The number of nitrogens with one attached hydrogen (secondary N) is 2. The molecule has 0 saturated heterocycles. The van der Waals surface area contributed by atoms with Crippen LogP contribution in [0.3, 0.4) is 0 Å². The van der Waals surface area contributed by atoms with E-state index in [4.69, 9.17) is 0 Å². The van der Waals surface area contributed by atoms with E-state index in [0.29, 0.717) is 18.5 Å². The minimum Gasteiger partial charge on any atom is -0.622 e. The van der Waals surface area contributed by atoms with E-state index in [0.717, 1.165) is 4.57 Å². The maximum Gasteiger partial charge on any atom is 0.330 e. The molecule has 1 aliphatic heterocycles. The summed E-state index contributed by atoms with van der Waals surface area (Å²) in [7, 11) is 0. The largest absolute Gasteiger partial charge is 0.622 e. The Morgan fingerprint density at radius 1 is 1.21 bits per heavy atom. The van der Waals surface area contributed by atoms with Crippen molar-refractivity contribution in [3.8, 4) is 0 Å². The van der Waals surface area contributed by atoms with Crippen LogP contribution in [0.2, 0.25) is 0 Å². The van der Waals surface area contributed by atoms with Crippen LogP contribution in [0.25, 0.3) is 0 Å². The van der Waals surface area contributed by atoms with Crippen LogP contribution in [0.1, 0.15) is 25.8 Å². The Morgan fingerprint density at radius 2 is 1.92 bits per heavy atom. The van der Waals surface area contributed by atoms with Crippen molar-refractivity contribution in [3.05, 3.63) is 61.9 Å². The van der Waals surface area contributed by atoms with Crippen LogP contribution in [0, 0.1) is 5.21 Å². The Kier molecular flexibility index (Phi) is 4.32. The summed E-state index contributed by atoms with van der Waals surface area (Å²) in [5.74, 6) is 0.377. The third kappa shape index (κ3) is 2.55. The zero-order valence-electron chi connectivity index (χ0n) is 13.6. The van der Waals surface area contributed by atoms with Gasteiger partial charge >= 0.3 is 11.2 Å². The normalized spacial score (nSPS) is 16.7. The molecular formula is C16H19N5O3. The molecule has 0 aliphatic carbocycles. The summed E-state index contributed by atoms with van der Waals surface area (Å²) in [4.78, 5) is 27.5. The maximum absolute atomic E-state index is 12.9. The van der Waals surface area contributed by atoms with E-state index in [2.05, 4.69) is 10.1 Å². The zero-order valence-corrected chi connectivity index (χ0v) is 13.6. The number of anilines is 1. The maximum atomic E-state index is 12.9. The van der Waals surface area contributed by atoms with Crippen LogP contribution in [-0.4, -0.2) is 21.9 Å². The summed E-state index contributed by atoms with van der Waals surface area (Å²) in [6.45, 7) is 4.38. The van der Waals surface area contributed by atoms with Crippen LogP contribution in [0.4, 0.5) is 11.5 Å². The van der Waals surface area contributed by atoms with E-state index in [9.17, 15) is 14.8 Å². The number of aromatic nitrogens is 2. The predicted octanol–water partition coefficient (Wildman–Crippen LogP) is 0.163. The Balaban J connectivity index is 2.22. The fourth-order valence-electron chi connectivity index (χ4n) is 2.73. The van der Waals surface area contributed by atoms with Crippen molar-refractivity contribution < 1.29 is 5.06 Å². The molecule has 0 spiro atoms. The average Bonchev–Trinajstić information content (AvgIpc) is 2.59. The summed E-state index contributed by atoms with van der Waals surface area (Å²) in [5.41, 5.74) is -0.481. The van der Waals surface area contributed by atoms with Gasteiger partial charge in [-0.3, -0.25) is 19.4 Å². The molecule has 2 heterocycles. The highest BCUT2D eigenvalue weighted by atomic mass is 16.5. The lowest BCUT2D eigenvalue weighted by Gasteiger charge is -2.32. The number of quaternary nitrogens is 1. The quantitative estimate of drug-likeness (QED) is 0.781. The van der Waals surface area contributed by atoms with Crippen LogP contribution >= 0.6 is 0 Å². The highest BCUT2D eigenvalue weighted by Gasteiger charge is 2.32. The average molecular weight is 329 g/mol. The predicted molar refractivity (Wildman–Crippen MR) is 91.6 cm³/mol. The van der Waals surface area contributed by atoms with Gasteiger partial charge in [-0.25, -0.2) is 9.80 Å². The number of rotatable bonds is 4. The summed E-state index contributed by atoms with van der Waals surface area (Å²) in [6, 6.07) is 8.99. The molecule has 8 nitrogen and oxygen atoms in total. The fourth-order valence-corrected chi connectivity index (χ4v) is 2.73. The van der Waals surface area contributed by atoms with Crippen molar-refractivity contribution in [3.63, 3.8) is 0 Å². The molecule has 0 radical (unpaired) electrons. The lowest BCUT2D eigenvalue weighted by molar-refractivity contribution is -0.668. The van der Waals surface area contributed by atoms with E-state index < -0.39 is 16.3 Å². The molecule has 0 fully saturated rings. The van der Waals surface area contributed by atoms with Crippen LogP contribution in [0.5, 0.6) is 0 Å². The molecule has 1 aromatic carbocycles. The molecule has 8 heteroatoms. The molecule has 1 aromatic heterocycles. The molecule has 1 atom stereocenters.